The quantitative estimate of drug-likeness (QED) is 0.313. The number of benzene rings is 3. The van der Waals surface area contributed by atoms with Gasteiger partial charge in [-0.05, 0) is 59.9 Å². The van der Waals surface area contributed by atoms with E-state index in [0.29, 0.717) is 45.1 Å². The van der Waals surface area contributed by atoms with E-state index in [2.05, 4.69) is 5.32 Å². The summed E-state index contributed by atoms with van der Waals surface area (Å²) in [6.45, 7) is -0.00283. The Morgan fingerprint density at radius 2 is 1.68 bits per heavy atom. The third kappa shape index (κ3) is 6.38. The Labute approximate surface area is 230 Å². The molecule has 0 fully saturated rings. The zero-order valence-electron chi connectivity index (χ0n) is 20.8. The fourth-order valence-electron chi connectivity index (χ4n) is 4.25. The van der Waals surface area contributed by atoms with Gasteiger partial charge >= 0.3 is 0 Å². The fourth-order valence-corrected chi connectivity index (χ4v) is 5.68. The highest BCUT2D eigenvalue weighted by atomic mass is 35.5. The largest absolute Gasteiger partial charge is 0.484 e. The van der Waals surface area contributed by atoms with Crippen molar-refractivity contribution in [2.75, 3.05) is 12.9 Å². The average Bonchev–Trinajstić information content (AvgIpc) is 2.89. The number of pyridine rings is 1. The molecule has 0 saturated heterocycles. The van der Waals surface area contributed by atoms with Crippen LogP contribution in [0.4, 0.5) is 0 Å². The molecule has 1 amide bonds. The number of hydrogen-bond donors (Lipinski definition) is 1. The van der Waals surface area contributed by atoms with Gasteiger partial charge < -0.3 is 14.6 Å². The van der Waals surface area contributed by atoms with E-state index in [-0.39, 0.29) is 24.0 Å². The minimum absolute atomic E-state index is 0.222. The molecule has 1 heterocycles. The molecule has 0 unspecified atom stereocenters. The summed E-state index contributed by atoms with van der Waals surface area (Å²) in [6.07, 6.45) is 1.93. The van der Waals surface area contributed by atoms with E-state index < -0.39 is 15.4 Å². The molecular weight excluding hydrogens is 547 g/mol. The molecule has 7 nitrogen and oxygen atoms in total. The van der Waals surface area contributed by atoms with Gasteiger partial charge in [0.25, 0.3) is 11.5 Å². The standard InChI is InChI=1S/C28H26Cl2N2O5S/c1-32-25-13-10-20(37-17-26(33)31-16-19-9-12-23(29)24(30)14-19)15-22(25)21(27(28(32)34)38(2,35)36)11-8-18-6-4-3-5-7-18/h3-7,9-10,12-15H,8,11,16-17H2,1-2H3,(H,31,33). The Morgan fingerprint density at radius 3 is 2.37 bits per heavy atom. The number of carbonyl (C=O) groups excluding carboxylic acids is 1. The highest BCUT2D eigenvalue weighted by Gasteiger charge is 2.23. The van der Waals surface area contributed by atoms with Gasteiger partial charge in [-0.3, -0.25) is 9.59 Å². The summed E-state index contributed by atoms with van der Waals surface area (Å²) in [5, 5.41) is 4.17. The van der Waals surface area contributed by atoms with Crippen molar-refractivity contribution in [2.24, 2.45) is 7.05 Å². The van der Waals surface area contributed by atoms with E-state index in [4.69, 9.17) is 27.9 Å². The van der Waals surface area contributed by atoms with Gasteiger partial charge in [-0.2, -0.15) is 0 Å². The molecule has 4 aromatic rings. The van der Waals surface area contributed by atoms with Crippen LogP contribution in [-0.4, -0.2) is 31.8 Å². The Hall–Kier alpha value is -3.33. The minimum Gasteiger partial charge on any atom is -0.484 e. The van der Waals surface area contributed by atoms with Crippen LogP contribution in [0.1, 0.15) is 16.7 Å². The van der Waals surface area contributed by atoms with Crippen molar-refractivity contribution < 1.29 is 17.9 Å². The molecule has 38 heavy (non-hydrogen) atoms. The molecule has 0 aliphatic heterocycles. The number of ether oxygens (including phenoxy) is 1. The molecule has 0 aliphatic rings. The zero-order chi connectivity index (χ0) is 27.4. The second-order valence-electron chi connectivity index (χ2n) is 8.92. The lowest BCUT2D eigenvalue weighted by Crippen LogP contribution is -2.28. The van der Waals surface area contributed by atoms with Crippen molar-refractivity contribution >= 4 is 49.8 Å². The number of aryl methyl sites for hydroxylation is 3. The average molecular weight is 573 g/mol. The number of rotatable bonds is 9. The molecule has 3 aromatic carbocycles. The van der Waals surface area contributed by atoms with Gasteiger partial charge in [0, 0.05) is 25.2 Å². The molecule has 0 spiro atoms. The number of sulfone groups is 1. The molecule has 10 heteroatoms. The number of nitrogens with zero attached hydrogens (tertiary/aromatic N) is 1. The summed E-state index contributed by atoms with van der Waals surface area (Å²) >= 11 is 11.9. The molecule has 0 atom stereocenters. The molecule has 0 saturated carbocycles. The van der Waals surface area contributed by atoms with Gasteiger partial charge in [0.05, 0.1) is 15.6 Å². The fraction of sp³-hybridized carbons (Fsp3) is 0.214. The van der Waals surface area contributed by atoms with E-state index in [0.717, 1.165) is 17.4 Å². The number of aromatic nitrogens is 1. The second-order valence-corrected chi connectivity index (χ2v) is 11.7. The lowest BCUT2D eigenvalue weighted by molar-refractivity contribution is -0.123. The second kappa shape index (κ2) is 11.6. The highest BCUT2D eigenvalue weighted by Crippen LogP contribution is 2.28. The van der Waals surface area contributed by atoms with E-state index in [1.165, 1.54) is 11.6 Å². The Bertz CT molecular complexity index is 1670. The molecular formula is C28H26Cl2N2O5S. The third-order valence-corrected chi connectivity index (χ3v) is 8.05. The van der Waals surface area contributed by atoms with Crippen LogP contribution < -0.4 is 15.6 Å². The van der Waals surface area contributed by atoms with Crippen molar-refractivity contribution in [1.29, 1.82) is 0 Å². The SMILES string of the molecule is Cn1c(=O)c(S(C)(=O)=O)c(CCc2ccccc2)c2cc(OCC(=O)NCc3ccc(Cl)c(Cl)c3)ccc21. The first kappa shape index (κ1) is 27.7. The van der Waals surface area contributed by atoms with Gasteiger partial charge in [0.2, 0.25) is 0 Å². The van der Waals surface area contributed by atoms with Crippen LogP contribution in [0.15, 0.2) is 76.4 Å². The van der Waals surface area contributed by atoms with Gasteiger partial charge in [-0.25, -0.2) is 8.42 Å². The van der Waals surface area contributed by atoms with Crippen LogP contribution in [0.5, 0.6) is 5.75 Å². The monoisotopic (exact) mass is 572 g/mol. The first-order valence-corrected chi connectivity index (χ1v) is 14.4. The van der Waals surface area contributed by atoms with Crippen molar-refractivity contribution in [1.82, 2.24) is 9.88 Å². The molecule has 198 valence electrons. The first-order chi connectivity index (χ1) is 18.0. The number of amides is 1. The number of nitrogens with one attached hydrogen (secondary N) is 1. The van der Waals surface area contributed by atoms with Crippen LogP contribution in [0, 0.1) is 0 Å². The molecule has 0 aliphatic carbocycles. The summed E-state index contributed by atoms with van der Waals surface area (Å²) in [5.74, 6) is 0.0269. The van der Waals surface area contributed by atoms with Crippen LogP contribution in [0.3, 0.4) is 0 Å². The predicted molar refractivity (Wildman–Crippen MR) is 150 cm³/mol. The smallest absolute Gasteiger partial charge is 0.269 e. The van der Waals surface area contributed by atoms with Gasteiger partial charge in [0.15, 0.2) is 16.4 Å². The topological polar surface area (TPSA) is 94.5 Å². The maximum Gasteiger partial charge on any atom is 0.269 e. The number of fused-ring (bicyclic) bond motifs is 1. The maximum absolute atomic E-state index is 13.1. The molecule has 1 N–H and O–H groups in total. The molecule has 1 aromatic heterocycles. The number of carbonyl (C=O) groups is 1. The van der Waals surface area contributed by atoms with Gasteiger partial charge in [-0.15, -0.1) is 0 Å². The summed E-state index contributed by atoms with van der Waals surface area (Å²) < 4.78 is 32.4. The third-order valence-electron chi connectivity index (χ3n) is 6.15. The van der Waals surface area contributed by atoms with Crippen LogP contribution in [0.2, 0.25) is 10.0 Å². The summed E-state index contributed by atoms with van der Waals surface area (Å²) in [7, 11) is -2.28. The van der Waals surface area contributed by atoms with Crippen LogP contribution >= 0.6 is 23.2 Å². The summed E-state index contributed by atoms with van der Waals surface area (Å²) in [5.41, 5.74) is 2.24. The van der Waals surface area contributed by atoms with E-state index in [1.807, 2.05) is 30.3 Å². The maximum atomic E-state index is 13.1. The van der Waals surface area contributed by atoms with E-state index in [1.54, 1.807) is 36.4 Å². The molecule has 0 radical (unpaired) electrons. The van der Waals surface area contributed by atoms with E-state index in [9.17, 15) is 18.0 Å². The van der Waals surface area contributed by atoms with Crippen molar-refractivity contribution in [3.05, 3.63) is 104 Å². The van der Waals surface area contributed by atoms with Crippen molar-refractivity contribution in [3.63, 3.8) is 0 Å². The first-order valence-electron chi connectivity index (χ1n) is 11.8. The van der Waals surface area contributed by atoms with E-state index >= 15 is 0 Å². The van der Waals surface area contributed by atoms with Crippen molar-refractivity contribution in [2.45, 2.75) is 24.3 Å². The van der Waals surface area contributed by atoms with Gasteiger partial charge in [-0.1, -0.05) is 59.6 Å². The Morgan fingerprint density at radius 1 is 0.947 bits per heavy atom. The van der Waals surface area contributed by atoms with Crippen molar-refractivity contribution in [3.8, 4) is 5.75 Å². The lowest BCUT2D eigenvalue weighted by atomic mass is 10.0. The minimum atomic E-state index is -3.82. The number of hydrogen-bond acceptors (Lipinski definition) is 5. The molecule has 0 bridgehead atoms. The Kier molecular flexibility index (Phi) is 8.45. The molecule has 4 rings (SSSR count). The van der Waals surface area contributed by atoms with Crippen LogP contribution in [0.25, 0.3) is 10.9 Å². The lowest BCUT2D eigenvalue weighted by Gasteiger charge is -2.16. The Balaban J connectivity index is 1.60. The normalized spacial score (nSPS) is 11.5. The summed E-state index contributed by atoms with van der Waals surface area (Å²) in [6, 6.07) is 19.7. The summed E-state index contributed by atoms with van der Waals surface area (Å²) in [4.78, 5) is 25.2. The predicted octanol–water partition coefficient (Wildman–Crippen LogP) is 4.73. The number of halogens is 2. The van der Waals surface area contributed by atoms with Crippen LogP contribution in [-0.2, 0) is 41.1 Å². The zero-order valence-corrected chi connectivity index (χ0v) is 23.2. The highest BCUT2D eigenvalue weighted by molar-refractivity contribution is 7.90. The van der Waals surface area contributed by atoms with Gasteiger partial charge in [0.1, 0.15) is 10.6 Å².